The van der Waals surface area contributed by atoms with Gasteiger partial charge in [0.15, 0.2) is 5.58 Å². The quantitative estimate of drug-likeness (QED) is 0.796. The van der Waals surface area contributed by atoms with Crippen molar-refractivity contribution in [3.63, 3.8) is 0 Å². The first-order valence-corrected chi connectivity index (χ1v) is 8.10. The normalized spacial score (nSPS) is 18.0. The first-order valence-electron chi connectivity index (χ1n) is 8.10. The van der Waals surface area contributed by atoms with Gasteiger partial charge in [0.25, 0.3) is 11.9 Å². The van der Waals surface area contributed by atoms with Crippen molar-refractivity contribution in [1.82, 2.24) is 20.1 Å². The summed E-state index contributed by atoms with van der Waals surface area (Å²) in [7, 11) is 1.80. The molecule has 1 saturated heterocycles. The summed E-state index contributed by atoms with van der Waals surface area (Å²) in [4.78, 5) is 18.9. The van der Waals surface area contributed by atoms with Crippen LogP contribution in [0.3, 0.4) is 0 Å². The Labute approximate surface area is 139 Å². The Balaban J connectivity index is 1.46. The maximum Gasteiger partial charge on any atom is 0.298 e. The van der Waals surface area contributed by atoms with Gasteiger partial charge >= 0.3 is 0 Å². The lowest BCUT2D eigenvalue weighted by atomic mass is 10.1. The van der Waals surface area contributed by atoms with Crippen LogP contribution in [0.5, 0.6) is 0 Å². The standard InChI is InChI=1S/C17H19N5O2/c1-21-10-8-14(20-21)16(23)18-12-5-4-9-22(11-12)17-19-13-6-2-3-7-15(13)24-17/h2-3,6-8,10,12H,4-5,9,11H2,1H3,(H,18,23). The molecule has 1 aliphatic rings. The molecular weight excluding hydrogens is 306 g/mol. The van der Waals surface area contributed by atoms with Gasteiger partial charge in [-0.3, -0.25) is 9.48 Å². The number of carbonyl (C=O) groups is 1. The van der Waals surface area contributed by atoms with Crippen LogP contribution in [0, 0.1) is 0 Å². The molecule has 0 saturated carbocycles. The summed E-state index contributed by atoms with van der Waals surface area (Å²) in [5.41, 5.74) is 2.08. The molecule has 3 aromatic rings. The lowest BCUT2D eigenvalue weighted by molar-refractivity contribution is 0.0927. The SMILES string of the molecule is Cn1ccc(C(=O)NC2CCCN(c3nc4ccccc4o3)C2)n1. The molecule has 124 valence electrons. The second kappa shape index (κ2) is 5.99. The third kappa shape index (κ3) is 2.84. The van der Waals surface area contributed by atoms with Crippen LogP contribution in [0.15, 0.2) is 40.9 Å². The molecular formula is C17H19N5O2. The van der Waals surface area contributed by atoms with Gasteiger partial charge in [-0.05, 0) is 31.0 Å². The Kier molecular flexibility index (Phi) is 3.68. The number of aromatic nitrogens is 3. The number of hydrogen-bond donors (Lipinski definition) is 1. The molecule has 0 bridgehead atoms. The topological polar surface area (TPSA) is 76.2 Å². The molecule has 1 fully saturated rings. The van der Waals surface area contributed by atoms with E-state index in [1.165, 1.54) is 0 Å². The van der Waals surface area contributed by atoms with Crippen molar-refractivity contribution < 1.29 is 9.21 Å². The number of hydrogen-bond acceptors (Lipinski definition) is 5. The molecule has 0 spiro atoms. The third-order valence-electron chi connectivity index (χ3n) is 4.26. The van der Waals surface area contributed by atoms with E-state index < -0.39 is 0 Å². The summed E-state index contributed by atoms with van der Waals surface area (Å²) in [5.74, 6) is -0.139. The fraction of sp³-hybridized carbons (Fsp3) is 0.353. The van der Waals surface area contributed by atoms with E-state index >= 15 is 0 Å². The molecule has 1 atom stereocenters. The van der Waals surface area contributed by atoms with Crippen LogP contribution in [-0.2, 0) is 7.05 Å². The van der Waals surface area contributed by atoms with Crippen molar-refractivity contribution in [1.29, 1.82) is 0 Å². The fourth-order valence-electron chi connectivity index (χ4n) is 3.06. The monoisotopic (exact) mass is 325 g/mol. The third-order valence-corrected chi connectivity index (χ3v) is 4.26. The first-order chi connectivity index (χ1) is 11.7. The molecule has 4 rings (SSSR count). The van der Waals surface area contributed by atoms with Gasteiger partial charge in [-0.2, -0.15) is 10.1 Å². The van der Waals surface area contributed by atoms with Crippen molar-refractivity contribution in [2.45, 2.75) is 18.9 Å². The number of nitrogens with zero attached hydrogens (tertiary/aromatic N) is 4. The summed E-state index contributed by atoms with van der Waals surface area (Å²) in [6.07, 6.45) is 3.68. The molecule has 2 aromatic heterocycles. The Morgan fingerprint density at radius 2 is 2.21 bits per heavy atom. The summed E-state index contributed by atoms with van der Waals surface area (Å²) in [6.45, 7) is 1.56. The minimum absolute atomic E-state index is 0.0586. The number of aryl methyl sites for hydroxylation is 1. The number of piperidine rings is 1. The van der Waals surface area contributed by atoms with E-state index in [-0.39, 0.29) is 11.9 Å². The Morgan fingerprint density at radius 3 is 3.00 bits per heavy atom. The maximum atomic E-state index is 12.3. The zero-order valence-corrected chi connectivity index (χ0v) is 13.5. The molecule has 0 aliphatic carbocycles. The van der Waals surface area contributed by atoms with Crippen LogP contribution >= 0.6 is 0 Å². The van der Waals surface area contributed by atoms with Crippen molar-refractivity contribution in [3.8, 4) is 0 Å². The molecule has 3 heterocycles. The average Bonchev–Trinajstić information content (AvgIpc) is 3.21. The lowest BCUT2D eigenvalue weighted by Crippen LogP contribution is -2.48. The van der Waals surface area contributed by atoms with E-state index in [9.17, 15) is 4.79 Å². The second-order valence-electron chi connectivity index (χ2n) is 6.10. The van der Waals surface area contributed by atoms with E-state index in [0.29, 0.717) is 18.3 Å². The average molecular weight is 325 g/mol. The summed E-state index contributed by atoms with van der Waals surface area (Å²) in [5, 5.41) is 7.20. The molecule has 1 aliphatic heterocycles. The molecule has 7 heteroatoms. The number of fused-ring (bicyclic) bond motifs is 1. The largest absolute Gasteiger partial charge is 0.423 e. The van der Waals surface area contributed by atoms with E-state index in [0.717, 1.165) is 30.5 Å². The number of benzene rings is 1. The number of amides is 1. The van der Waals surface area contributed by atoms with Crippen LogP contribution in [-0.4, -0.2) is 39.8 Å². The molecule has 7 nitrogen and oxygen atoms in total. The first kappa shape index (κ1) is 14.7. The van der Waals surface area contributed by atoms with Crippen LogP contribution < -0.4 is 10.2 Å². The molecule has 1 unspecified atom stereocenters. The van der Waals surface area contributed by atoms with Gasteiger partial charge in [0.1, 0.15) is 11.2 Å². The Hall–Kier alpha value is -2.83. The van der Waals surface area contributed by atoms with Crippen molar-refractivity contribution in [3.05, 3.63) is 42.2 Å². The zero-order chi connectivity index (χ0) is 16.5. The number of rotatable bonds is 3. The minimum atomic E-state index is -0.139. The summed E-state index contributed by atoms with van der Waals surface area (Å²) >= 11 is 0. The van der Waals surface area contributed by atoms with E-state index in [1.54, 1.807) is 24.0 Å². The number of para-hydroxylation sites is 2. The van der Waals surface area contributed by atoms with Crippen LogP contribution in [0.4, 0.5) is 6.01 Å². The van der Waals surface area contributed by atoms with Gasteiger partial charge in [-0.25, -0.2) is 0 Å². The van der Waals surface area contributed by atoms with Crippen molar-refractivity contribution in [2.24, 2.45) is 7.05 Å². The number of anilines is 1. The second-order valence-corrected chi connectivity index (χ2v) is 6.10. The van der Waals surface area contributed by atoms with Gasteiger partial charge < -0.3 is 14.6 Å². The number of oxazole rings is 1. The van der Waals surface area contributed by atoms with Gasteiger partial charge in [0.2, 0.25) is 0 Å². The van der Waals surface area contributed by atoms with Gasteiger partial charge in [0.05, 0.1) is 0 Å². The molecule has 1 N–H and O–H groups in total. The highest BCUT2D eigenvalue weighted by Gasteiger charge is 2.25. The van der Waals surface area contributed by atoms with Crippen LogP contribution in [0.1, 0.15) is 23.3 Å². The van der Waals surface area contributed by atoms with Crippen molar-refractivity contribution in [2.75, 3.05) is 18.0 Å². The molecule has 24 heavy (non-hydrogen) atoms. The van der Waals surface area contributed by atoms with E-state index in [1.807, 2.05) is 24.3 Å². The summed E-state index contributed by atoms with van der Waals surface area (Å²) < 4.78 is 7.46. The number of carbonyl (C=O) groups excluding carboxylic acids is 1. The smallest absolute Gasteiger partial charge is 0.298 e. The maximum absolute atomic E-state index is 12.3. The van der Waals surface area contributed by atoms with Crippen LogP contribution in [0.2, 0.25) is 0 Å². The predicted molar refractivity (Wildman–Crippen MR) is 89.9 cm³/mol. The molecule has 1 amide bonds. The zero-order valence-electron chi connectivity index (χ0n) is 13.5. The summed E-state index contributed by atoms with van der Waals surface area (Å²) in [6, 6.07) is 10.1. The molecule has 1 aromatic carbocycles. The molecule has 0 radical (unpaired) electrons. The van der Waals surface area contributed by atoms with Gasteiger partial charge in [-0.1, -0.05) is 12.1 Å². The highest BCUT2D eigenvalue weighted by atomic mass is 16.4. The van der Waals surface area contributed by atoms with E-state index in [2.05, 4.69) is 20.3 Å². The van der Waals surface area contributed by atoms with Crippen molar-refractivity contribution >= 4 is 23.0 Å². The lowest BCUT2D eigenvalue weighted by Gasteiger charge is -2.31. The van der Waals surface area contributed by atoms with Gasteiger partial charge in [0, 0.05) is 32.4 Å². The highest BCUT2D eigenvalue weighted by Crippen LogP contribution is 2.24. The van der Waals surface area contributed by atoms with Gasteiger partial charge in [-0.15, -0.1) is 0 Å². The van der Waals surface area contributed by atoms with E-state index in [4.69, 9.17) is 4.42 Å². The Bertz CT molecular complexity index is 836. The van der Waals surface area contributed by atoms with Crippen LogP contribution in [0.25, 0.3) is 11.1 Å². The minimum Gasteiger partial charge on any atom is -0.423 e. The predicted octanol–water partition coefficient (Wildman–Crippen LogP) is 1.96. The Morgan fingerprint density at radius 1 is 1.33 bits per heavy atom. The number of nitrogens with one attached hydrogen (secondary N) is 1. The fourth-order valence-corrected chi connectivity index (χ4v) is 3.06. The highest BCUT2D eigenvalue weighted by molar-refractivity contribution is 5.92.